The number of hydrogen-bond acceptors (Lipinski definition) is 3. The number of fused-ring (bicyclic) bond motifs is 1. The van der Waals surface area contributed by atoms with Crippen molar-refractivity contribution in [1.82, 2.24) is 9.80 Å². The van der Waals surface area contributed by atoms with Crippen molar-refractivity contribution in [2.75, 3.05) is 39.4 Å². The summed E-state index contributed by atoms with van der Waals surface area (Å²) < 4.78 is 5.49. The SMILES string of the molecule is [C-]#[N+]C1(N2CC3CN(Cc4ccccc4)CC3C2)CCOCC1. The van der Waals surface area contributed by atoms with Crippen LogP contribution in [-0.2, 0) is 11.3 Å². The van der Waals surface area contributed by atoms with Crippen LogP contribution in [0.2, 0.25) is 0 Å². The Labute approximate surface area is 138 Å². The highest BCUT2D eigenvalue weighted by molar-refractivity contribution is 5.15. The van der Waals surface area contributed by atoms with Crippen LogP contribution in [0.25, 0.3) is 4.85 Å². The first-order valence-corrected chi connectivity index (χ1v) is 8.77. The zero-order valence-corrected chi connectivity index (χ0v) is 13.7. The van der Waals surface area contributed by atoms with E-state index in [2.05, 4.69) is 45.0 Å². The van der Waals surface area contributed by atoms with Crippen molar-refractivity contribution in [3.63, 3.8) is 0 Å². The van der Waals surface area contributed by atoms with Crippen molar-refractivity contribution in [2.24, 2.45) is 11.8 Å². The van der Waals surface area contributed by atoms with Gasteiger partial charge in [0.15, 0.2) is 0 Å². The monoisotopic (exact) mass is 311 g/mol. The number of likely N-dealkylation sites (tertiary alicyclic amines) is 2. The number of hydrogen-bond donors (Lipinski definition) is 0. The molecule has 2 unspecified atom stereocenters. The van der Waals surface area contributed by atoms with E-state index in [1.165, 1.54) is 18.7 Å². The van der Waals surface area contributed by atoms with Gasteiger partial charge in [-0.05, 0) is 17.4 Å². The van der Waals surface area contributed by atoms with Gasteiger partial charge in [0, 0.05) is 32.7 Å². The van der Waals surface area contributed by atoms with E-state index in [1.807, 2.05) is 0 Å². The predicted molar refractivity (Wildman–Crippen MR) is 89.7 cm³/mol. The number of benzene rings is 1. The third-order valence-electron chi connectivity index (χ3n) is 5.90. The van der Waals surface area contributed by atoms with Gasteiger partial charge < -0.3 is 4.74 Å². The zero-order chi connectivity index (χ0) is 15.7. The fourth-order valence-corrected chi connectivity index (χ4v) is 4.60. The van der Waals surface area contributed by atoms with Gasteiger partial charge in [0.25, 0.3) is 5.66 Å². The van der Waals surface area contributed by atoms with Gasteiger partial charge in [0.05, 0.1) is 26.1 Å². The summed E-state index contributed by atoms with van der Waals surface area (Å²) in [6.07, 6.45) is 1.76. The molecule has 3 fully saturated rings. The fourth-order valence-electron chi connectivity index (χ4n) is 4.60. The van der Waals surface area contributed by atoms with Crippen molar-refractivity contribution in [2.45, 2.75) is 25.0 Å². The first kappa shape index (κ1) is 15.1. The van der Waals surface area contributed by atoms with Crippen LogP contribution in [0.3, 0.4) is 0 Å². The van der Waals surface area contributed by atoms with Gasteiger partial charge in [-0.3, -0.25) is 9.74 Å². The van der Waals surface area contributed by atoms with Crippen molar-refractivity contribution in [1.29, 1.82) is 0 Å². The average Bonchev–Trinajstić information content (AvgIpc) is 3.15. The molecule has 0 aromatic heterocycles. The largest absolute Gasteiger partial charge is 0.381 e. The van der Waals surface area contributed by atoms with Crippen LogP contribution in [0, 0.1) is 18.4 Å². The van der Waals surface area contributed by atoms with E-state index in [4.69, 9.17) is 11.3 Å². The third-order valence-corrected chi connectivity index (χ3v) is 5.90. The van der Waals surface area contributed by atoms with E-state index in [-0.39, 0.29) is 5.66 Å². The standard InChI is InChI=1S/C19H25N3O/c1-20-19(7-9-23-10-8-19)22-14-17-12-21(13-18(17)15-22)11-16-5-3-2-4-6-16/h2-6,17-18H,7-15H2. The van der Waals surface area contributed by atoms with Crippen LogP contribution < -0.4 is 0 Å². The molecule has 0 radical (unpaired) electrons. The maximum atomic E-state index is 7.72. The van der Waals surface area contributed by atoms with Gasteiger partial charge >= 0.3 is 0 Å². The molecule has 0 saturated carbocycles. The lowest BCUT2D eigenvalue weighted by Gasteiger charge is -2.35. The van der Waals surface area contributed by atoms with Crippen molar-refractivity contribution < 1.29 is 4.74 Å². The Morgan fingerprint density at radius 1 is 1.04 bits per heavy atom. The normalized spacial score (nSPS) is 30.9. The Morgan fingerprint density at radius 2 is 1.70 bits per heavy atom. The van der Waals surface area contributed by atoms with Crippen molar-refractivity contribution in [3.8, 4) is 0 Å². The maximum absolute atomic E-state index is 7.72. The van der Waals surface area contributed by atoms with Crippen LogP contribution in [0.4, 0.5) is 0 Å². The summed E-state index contributed by atoms with van der Waals surface area (Å²) in [5.74, 6) is 1.47. The summed E-state index contributed by atoms with van der Waals surface area (Å²) in [5, 5.41) is 0. The highest BCUT2D eigenvalue weighted by Gasteiger charge is 2.52. The lowest BCUT2D eigenvalue weighted by molar-refractivity contribution is 0.000751. The van der Waals surface area contributed by atoms with Gasteiger partial charge in [0.1, 0.15) is 0 Å². The molecule has 0 N–H and O–H groups in total. The summed E-state index contributed by atoms with van der Waals surface area (Å²) in [5.41, 5.74) is 1.14. The van der Waals surface area contributed by atoms with Crippen LogP contribution in [0.15, 0.2) is 30.3 Å². The first-order chi connectivity index (χ1) is 11.3. The number of nitrogens with zero attached hydrogens (tertiary/aromatic N) is 3. The quantitative estimate of drug-likeness (QED) is 0.800. The average molecular weight is 311 g/mol. The van der Waals surface area contributed by atoms with Gasteiger partial charge in [-0.1, -0.05) is 30.3 Å². The summed E-state index contributed by atoms with van der Waals surface area (Å²) in [7, 11) is 0. The van der Waals surface area contributed by atoms with Crippen LogP contribution in [0.1, 0.15) is 18.4 Å². The van der Waals surface area contributed by atoms with Crippen LogP contribution >= 0.6 is 0 Å². The predicted octanol–water partition coefficient (Wildman–Crippen LogP) is 2.48. The van der Waals surface area contributed by atoms with Crippen molar-refractivity contribution >= 4 is 0 Å². The van der Waals surface area contributed by atoms with Crippen LogP contribution in [0.5, 0.6) is 0 Å². The maximum Gasteiger partial charge on any atom is 0.293 e. The Morgan fingerprint density at radius 3 is 2.30 bits per heavy atom. The molecule has 0 aliphatic carbocycles. The molecule has 0 bridgehead atoms. The van der Waals surface area contributed by atoms with Gasteiger partial charge in [0.2, 0.25) is 0 Å². The molecule has 3 heterocycles. The molecule has 23 heavy (non-hydrogen) atoms. The second kappa shape index (κ2) is 6.24. The van der Waals surface area contributed by atoms with E-state index in [9.17, 15) is 0 Å². The van der Waals surface area contributed by atoms with E-state index in [1.54, 1.807) is 0 Å². The lowest BCUT2D eigenvalue weighted by Crippen LogP contribution is -2.49. The fraction of sp³-hybridized carbons (Fsp3) is 0.632. The summed E-state index contributed by atoms with van der Waals surface area (Å²) in [6.45, 7) is 14.8. The van der Waals surface area contributed by atoms with Crippen LogP contribution in [-0.4, -0.2) is 54.9 Å². The Hall–Kier alpha value is -1.41. The molecular weight excluding hydrogens is 286 g/mol. The highest BCUT2D eigenvalue weighted by Crippen LogP contribution is 2.39. The first-order valence-electron chi connectivity index (χ1n) is 8.77. The van der Waals surface area contributed by atoms with Crippen molar-refractivity contribution in [3.05, 3.63) is 47.3 Å². The molecule has 4 nitrogen and oxygen atoms in total. The lowest BCUT2D eigenvalue weighted by atomic mass is 9.99. The number of ether oxygens (including phenoxy) is 1. The molecule has 0 spiro atoms. The molecule has 4 heteroatoms. The Balaban J connectivity index is 1.37. The molecular formula is C19H25N3O. The van der Waals surface area contributed by atoms with E-state index in [0.717, 1.165) is 57.5 Å². The molecule has 122 valence electrons. The Kier molecular flexibility index (Phi) is 4.11. The summed E-state index contributed by atoms with van der Waals surface area (Å²) >= 11 is 0. The molecule has 3 aliphatic rings. The molecule has 3 aliphatic heterocycles. The summed E-state index contributed by atoms with van der Waals surface area (Å²) in [4.78, 5) is 9.13. The van der Waals surface area contributed by atoms with E-state index < -0.39 is 0 Å². The minimum Gasteiger partial charge on any atom is -0.381 e. The smallest absolute Gasteiger partial charge is 0.293 e. The molecule has 3 saturated heterocycles. The molecule has 1 aromatic rings. The second-order valence-corrected chi connectivity index (χ2v) is 7.31. The molecule has 4 rings (SSSR count). The molecule has 1 aromatic carbocycles. The minimum atomic E-state index is -0.271. The highest BCUT2D eigenvalue weighted by atomic mass is 16.5. The topological polar surface area (TPSA) is 20.1 Å². The van der Waals surface area contributed by atoms with Gasteiger partial charge in [-0.15, -0.1) is 0 Å². The molecule has 2 atom stereocenters. The second-order valence-electron chi connectivity index (χ2n) is 7.31. The minimum absolute atomic E-state index is 0.271. The van der Waals surface area contributed by atoms with Gasteiger partial charge in [-0.2, -0.15) is 0 Å². The number of rotatable bonds is 3. The molecule has 0 amide bonds. The summed E-state index contributed by atoms with van der Waals surface area (Å²) in [6, 6.07) is 10.8. The van der Waals surface area contributed by atoms with Gasteiger partial charge in [-0.25, -0.2) is 11.5 Å². The van der Waals surface area contributed by atoms with E-state index in [0.29, 0.717) is 0 Å². The van der Waals surface area contributed by atoms with E-state index >= 15 is 0 Å². The Bertz CT molecular complexity index is 562. The zero-order valence-electron chi connectivity index (χ0n) is 13.7. The third kappa shape index (κ3) is 2.89.